The molecule has 24 heavy (non-hydrogen) atoms. The largest absolute Gasteiger partial charge is 0.332 e. The van der Waals surface area contributed by atoms with Crippen LogP contribution in [0.1, 0.15) is 22.8 Å². The quantitative estimate of drug-likeness (QED) is 0.667. The molecule has 0 saturated carbocycles. The van der Waals surface area contributed by atoms with Crippen LogP contribution in [0.4, 0.5) is 0 Å². The summed E-state index contributed by atoms with van der Waals surface area (Å²) >= 11 is 0. The van der Waals surface area contributed by atoms with Crippen LogP contribution in [0.3, 0.4) is 0 Å². The number of rotatable bonds is 4. The van der Waals surface area contributed by atoms with Gasteiger partial charge in [-0.25, -0.2) is 9.78 Å². The highest BCUT2D eigenvalue weighted by Crippen LogP contribution is 2.10. The van der Waals surface area contributed by atoms with Crippen LogP contribution in [0, 0.1) is 0 Å². The second kappa shape index (κ2) is 5.92. The zero-order valence-electron chi connectivity index (χ0n) is 13.8. The van der Waals surface area contributed by atoms with Gasteiger partial charge >= 0.3 is 5.69 Å². The molecule has 0 aliphatic rings. The number of fused-ring (bicyclic) bond motifs is 1. The molecule has 2 heterocycles. The highest BCUT2D eigenvalue weighted by Gasteiger charge is 2.16. The Kier molecular flexibility index (Phi) is 3.92. The SMILES string of the molecule is CCc1ccc(C(=O)Cn2cnc3c2c(=O)n(C)c(=O)n3C)cc1. The van der Waals surface area contributed by atoms with Gasteiger partial charge in [0.1, 0.15) is 0 Å². The van der Waals surface area contributed by atoms with Crippen molar-refractivity contribution in [1.29, 1.82) is 0 Å². The van der Waals surface area contributed by atoms with E-state index in [4.69, 9.17) is 0 Å². The van der Waals surface area contributed by atoms with E-state index in [0.29, 0.717) is 5.56 Å². The number of hydrogen-bond acceptors (Lipinski definition) is 4. The lowest BCUT2D eigenvalue weighted by Crippen LogP contribution is -2.37. The summed E-state index contributed by atoms with van der Waals surface area (Å²) in [6, 6.07) is 7.41. The molecule has 7 nitrogen and oxygen atoms in total. The molecule has 2 aromatic heterocycles. The predicted octanol–water partition coefficient (Wildman–Crippen LogP) is 0.879. The molecule has 1 aromatic carbocycles. The fourth-order valence-electron chi connectivity index (χ4n) is 2.69. The van der Waals surface area contributed by atoms with Crippen molar-refractivity contribution >= 4 is 16.9 Å². The lowest BCUT2D eigenvalue weighted by molar-refractivity contribution is 0.0973. The van der Waals surface area contributed by atoms with Crippen molar-refractivity contribution in [3.8, 4) is 0 Å². The molecule has 3 rings (SSSR count). The molecule has 0 saturated heterocycles. The molecule has 124 valence electrons. The summed E-state index contributed by atoms with van der Waals surface area (Å²) in [4.78, 5) is 40.9. The van der Waals surface area contributed by atoms with Gasteiger partial charge in [0.25, 0.3) is 5.56 Å². The summed E-state index contributed by atoms with van der Waals surface area (Å²) in [5.41, 5.74) is 1.36. The number of Topliss-reactive ketones (excluding diaryl/α,β-unsaturated/α-hetero) is 1. The first-order valence-electron chi connectivity index (χ1n) is 7.67. The van der Waals surface area contributed by atoms with E-state index in [0.717, 1.165) is 16.6 Å². The van der Waals surface area contributed by atoms with E-state index in [1.807, 2.05) is 12.1 Å². The minimum Gasteiger partial charge on any atom is -0.317 e. The van der Waals surface area contributed by atoms with Crippen molar-refractivity contribution in [2.75, 3.05) is 0 Å². The van der Waals surface area contributed by atoms with Crippen molar-refractivity contribution in [2.45, 2.75) is 19.9 Å². The van der Waals surface area contributed by atoms with Gasteiger partial charge < -0.3 is 4.57 Å². The van der Waals surface area contributed by atoms with Crippen molar-refractivity contribution in [2.24, 2.45) is 14.1 Å². The lowest BCUT2D eigenvalue weighted by atomic mass is 10.1. The van der Waals surface area contributed by atoms with Gasteiger partial charge in [-0.2, -0.15) is 0 Å². The first-order valence-corrected chi connectivity index (χ1v) is 7.67. The maximum atomic E-state index is 12.5. The number of aromatic nitrogens is 4. The average Bonchev–Trinajstić information content (AvgIpc) is 3.01. The minimum absolute atomic E-state index is 0.00455. The second-order valence-corrected chi connectivity index (χ2v) is 5.72. The fourth-order valence-corrected chi connectivity index (χ4v) is 2.69. The van der Waals surface area contributed by atoms with Crippen molar-refractivity contribution in [3.63, 3.8) is 0 Å². The lowest BCUT2D eigenvalue weighted by Gasteiger charge is -2.07. The van der Waals surface area contributed by atoms with Gasteiger partial charge in [0.2, 0.25) is 0 Å². The number of carbonyl (C=O) groups excluding carboxylic acids is 1. The monoisotopic (exact) mass is 326 g/mol. The van der Waals surface area contributed by atoms with E-state index in [2.05, 4.69) is 11.9 Å². The van der Waals surface area contributed by atoms with Crippen LogP contribution in [0.5, 0.6) is 0 Å². The van der Waals surface area contributed by atoms with Crippen molar-refractivity contribution in [1.82, 2.24) is 18.7 Å². The summed E-state index contributed by atoms with van der Waals surface area (Å²) < 4.78 is 3.81. The van der Waals surface area contributed by atoms with Crippen LogP contribution in [0.25, 0.3) is 11.2 Å². The predicted molar refractivity (Wildman–Crippen MR) is 90.4 cm³/mol. The topological polar surface area (TPSA) is 78.9 Å². The number of imidazole rings is 1. The number of ketones is 1. The molecular weight excluding hydrogens is 308 g/mol. The van der Waals surface area contributed by atoms with Gasteiger partial charge in [-0.05, 0) is 12.0 Å². The summed E-state index contributed by atoms with van der Waals surface area (Å²) in [6.45, 7) is 2.05. The van der Waals surface area contributed by atoms with Crippen LogP contribution in [0.2, 0.25) is 0 Å². The molecule has 0 N–H and O–H groups in total. The van der Waals surface area contributed by atoms with Crippen LogP contribution >= 0.6 is 0 Å². The maximum Gasteiger partial charge on any atom is 0.332 e. The number of hydrogen-bond donors (Lipinski definition) is 0. The standard InChI is InChI=1S/C17H18N4O3/c1-4-11-5-7-12(8-6-11)13(22)9-21-10-18-15-14(21)16(23)20(3)17(24)19(15)2/h5-8,10H,4,9H2,1-3H3. The van der Waals surface area contributed by atoms with Crippen LogP contribution in [-0.2, 0) is 27.1 Å². The molecule has 0 aliphatic carbocycles. The Morgan fingerprint density at radius 1 is 1.08 bits per heavy atom. The van der Waals surface area contributed by atoms with Crippen LogP contribution < -0.4 is 11.2 Å². The van der Waals surface area contributed by atoms with Gasteiger partial charge in [-0.1, -0.05) is 31.2 Å². The Morgan fingerprint density at radius 3 is 2.38 bits per heavy atom. The molecule has 0 unspecified atom stereocenters. The molecule has 0 atom stereocenters. The van der Waals surface area contributed by atoms with E-state index in [-0.39, 0.29) is 23.5 Å². The average molecular weight is 326 g/mol. The third-order valence-electron chi connectivity index (χ3n) is 4.22. The molecule has 0 aliphatic heterocycles. The maximum absolute atomic E-state index is 12.5. The van der Waals surface area contributed by atoms with Gasteiger partial charge in [0.15, 0.2) is 16.9 Å². The van der Waals surface area contributed by atoms with Crippen molar-refractivity contribution < 1.29 is 4.79 Å². The summed E-state index contributed by atoms with van der Waals surface area (Å²) in [7, 11) is 2.96. The van der Waals surface area contributed by atoms with Gasteiger partial charge in [0.05, 0.1) is 12.9 Å². The third kappa shape index (κ3) is 2.47. The molecule has 3 aromatic rings. The highest BCUT2D eigenvalue weighted by molar-refractivity contribution is 5.96. The molecule has 0 amide bonds. The fraction of sp³-hybridized carbons (Fsp3) is 0.294. The van der Waals surface area contributed by atoms with Crippen LogP contribution in [-0.4, -0.2) is 24.5 Å². The Labute approximate surface area is 137 Å². The molecule has 0 bridgehead atoms. The Balaban J connectivity index is 2.03. The van der Waals surface area contributed by atoms with Crippen molar-refractivity contribution in [3.05, 3.63) is 62.6 Å². The first kappa shape index (κ1) is 15.9. The highest BCUT2D eigenvalue weighted by atomic mass is 16.2. The molecule has 0 spiro atoms. The van der Waals surface area contributed by atoms with E-state index < -0.39 is 11.2 Å². The summed E-state index contributed by atoms with van der Waals surface area (Å²) in [5, 5.41) is 0. The Morgan fingerprint density at radius 2 is 1.75 bits per heavy atom. The molecule has 0 fully saturated rings. The van der Waals surface area contributed by atoms with E-state index in [1.165, 1.54) is 22.5 Å². The molecular formula is C17H18N4O3. The normalized spacial score (nSPS) is 11.1. The number of carbonyl (C=O) groups is 1. The second-order valence-electron chi connectivity index (χ2n) is 5.72. The number of nitrogens with zero attached hydrogens (tertiary/aromatic N) is 4. The third-order valence-corrected chi connectivity index (χ3v) is 4.22. The Hall–Kier alpha value is -2.96. The van der Waals surface area contributed by atoms with E-state index in [1.54, 1.807) is 19.2 Å². The van der Waals surface area contributed by atoms with Crippen LogP contribution in [0.15, 0.2) is 40.2 Å². The zero-order chi connectivity index (χ0) is 17.4. The number of benzene rings is 1. The Bertz CT molecular complexity index is 1040. The zero-order valence-corrected chi connectivity index (χ0v) is 13.8. The van der Waals surface area contributed by atoms with Gasteiger partial charge in [-0.3, -0.25) is 18.7 Å². The number of aryl methyl sites for hydroxylation is 2. The van der Waals surface area contributed by atoms with Gasteiger partial charge in [-0.15, -0.1) is 0 Å². The first-order chi connectivity index (χ1) is 11.4. The van der Waals surface area contributed by atoms with E-state index >= 15 is 0 Å². The molecule has 0 radical (unpaired) electrons. The van der Waals surface area contributed by atoms with Gasteiger partial charge in [0, 0.05) is 19.7 Å². The smallest absolute Gasteiger partial charge is 0.317 e. The minimum atomic E-state index is -0.459. The summed E-state index contributed by atoms with van der Waals surface area (Å²) in [6.07, 6.45) is 2.33. The summed E-state index contributed by atoms with van der Waals surface area (Å²) in [5.74, 6) is -0.118. The van der Waals surface area contributed by atoms with E-state index in [9.17, 15) is 14.4 Å². The molecule has 7 heteroatoms.